The van der Waals surface area contributed by atoms with E-state index in [1.165, 1.54) is 0 Å². The number of carbonyl (C=O) groups is 2. The van der Waals surface area contributed by atoms with Crippen molar-refractivity contribution in [3.05, 3.63) is 29.8 Å². The van der Waals surface area contributed by atoms with Gasteiger partial charge in [0.25, 0.3) is 5.91 Å². The fraction of sp³-hybridized carbons (Fsp3) is 0.529. The summed E-state index contributed by atoms with van der Waals surface area (Å²) in [5.41, 5.74) is 0.988. The molecule has 0 aliphatic carbocycles. The van der Waals surface area contributed by atoms with Crippen LogP contribution in [0.3, 0.4) is 0 Å². The van der Waals surface area contributed by atoms with Crippen LogP contribution in [0.1, 0.15) is 44.5 Å². The van der Waals surface area contributed by atoms with Gasteiger partial charge in [-0.1, -0.05) is 26.0 Å². The summed E-state index contributed by atoms with van der Waals surface area (Å²) in [7, 11) is 0. The van der Waals surface area contributed by atoms with Crippen LogP contribution in [-0.4, -0.2) is 31.1 Å². The van der Waals surface area contributed by atoms with E-state index in [4.69, 9.17) is 4.74 Å². The van der Waals surface area contributed by atoms with E-state index in [0.717, 1.165) is 0 Å². The summed E-state index contributed by atoms with van der Waals surface area (Å²) in [6, 6.07) is 7.03. The van der Waals surface area contributed by atoms with Crippen LogP contribution in [0.4, 0.5) is 5.69 Å². The Balaban J connectivity index is 2.58. The van der Waals surface area contributed by atoms with Crippen molar-refractivity contribution in [2.45, 2.75) is 40.2 Å². The number of rotatable bonds is 8. The van der Waals surface area contributed by atoms with Gasteiger partial charge >= 0.3 is 0 Å². The average Bonchev–Trinajstić information content (AvgIpc) is 2.43. The number of ether oxygens (including phenoxy) is 1. The molecular formula is C17H26N2O3. The van der Waals surface area contributed by atoms with E-state index in [1.807, 2.05) is 13.8 Å². The topological polar surface area (TPSA) is 67.4 Å². The Kier molecular flexibility index (Phi) is 7.60. The van der Waals surface area contributed by atoms with Crippen LogP contribution in [0, 0.1) is 5.92 Å². The maximum absolute atomic E-state index is 12.1. The van der Waals surface area contributed by atoms with Crippen LogP contribution in [0.5, 0.6) is 0 Å². The smallest absolute Gasteiger partial charge is 0.253 e. The van der Waals surface area contributed by atoms with Gasteiger partial charge < -0.3 is 15.4 Å². The Morgan fingerprint density at radius 3 is 2.45 bits per heavy atom. The SMILES string of the molecule is CC(C)COCCC(=O)Nc1ccccc1C(=O)NC(C)C. The average molecular weight is 306 g/mol. The van der Waals surface area contributed by atoms with Crippen molar-refractivity contribution in [1.29, 1.82) is 0 Å². The summed E-state index contributed by atoms with van der Waals surface area (Å²) in [5, 5.41) is 5.60. The second-order valence-electron chi connectivity index (χ2n) is 5.94. The van der Waals surface area contributed by atoms with Crippen molar-refractivity contribution >= 4 is 17.5 Å². The second kappa shape index (κ2) is 9.20. The minimum atomic E-state index is -0.193. The van der Waals surface area contributed by atoms with E-state index < -0.39 is 0 Å². The Morgan fingerprint density at radius 1 is 1.14 bits per heavy atom. The Morgan fingerprint density at radius 2 is 1.82 bits per heavy atom. The zero-order valence-corrected chi connectivity index (χ0v) is 13.8. The van der Waals surface area contributed by atoms with Crippen molar-refractivity contribution in [3.63, 3.8) is 0 Å². The monoisotopic (exact) mass is 306 g/mol. The lowest BCUT2D eigenvalue weighted by Crippen LogP contribution is -2.31. The molecule has 2 amide bonds. The van der Waals surface area contributed by atoms with Gasteiger partial charge in [0.1, 0.15) is 0 Å². The number of benzene rings is 1. The summed E-state index contributed by atoms with van der Waals surface area (Å²) in [5.74, 6) is 0.0963. The largest absolute Gasteiger partial charge is 0.381 e. The van der Waals surface area contributed by atoms with E-state index in [0.29, 0.717) is 30.4 Å². The molecule has 0 heterocycles. The highest BCUT2D eigenvalue weighted by atomic mass is 16.5. The van der Waals surface area contributed by atoms with Crippen LogP contribution < -0.4 is 10.6 Å². The van der Waals surface area contributed by atoms with Gasteiger partial charge in [0.05, 0.1) is 24.3 Å². The second-order valence-corrected chi connectivity index (χ2v) is 5.94. The number of nitrogens with one attached hydrogen (secondary N) is 2. The van der Waals surface area contributed by atoms with Gasteiger partial charge in [-0.3, -0.25) is 9.59 Å². The quantitative estimate of drug-likeness (QED) is 0.726. The third-order valence-electron chi connectivity index (χ3n) is 2.79. The molecule has 0 saturated heterocycles. The van der Waals surface area contributed by atoms with E-state index in [2.05, 4.69) is 24.5 Å². The van der Waals surface area contributed by atoms with Crippen molar-refractivity contribution in [3.8, 4) is 0 Å². The maximum Gasteiger partial charge on any atom is 0.253 e. The van der Waals surface area contributed by atoms with Crippen LogP contribution >= 0.6 is 0 Å². The molecule has 0 aliphatic rings. The molecule has 0 aromatic heterocycles. The third-order valence-corrected chi connectivity index (χ3v) is 2.79. The summed E-state index contributed by atoms with van der Waals surface area (Å²) < 4.78 is 5.39. The first-order valence-electron chi connectivity index (χ1n) is 7.67. The molecule has 2 N–H and O–H groups in total. The summed E-state index contributed by atoms with van der Waals surface area (Å²) in [4.78, 5) is 24.0. The van der Waals surface area contributed by atoms with Gasteiger partial charge in [0, 0.05) is 12.6 Å². The van der Waals surface area contributed by atoms with E-state index in [-0.39, 0.29) is 24.3 Å². The first-order valence-corrected chi connectivity index (χ1v) is 7.67. The minimum absolute atomic E-state index is 0.0423. The number of amides is 2. The lowest BCUT2D eigenvalue weighted by atomic mass is 10.1. The van der Waals surface area contributed by atoms with Crippen LogP contribution in [0.15, 0.2) is 24.3 Å². The highest BCUT2D eigenvalue weighted by molar-refractivity contribution is 6.03. The summed E-state index contributed by atoms with van der Waals surface area (Å²) in [6.45, 7) is 8.93. The Bertz CT molecular complexity index is 498. The number of para-hydroxylation sites is 1. The number of hydrogen-bond acceptors (Lipinski definition) is 3. The molecule has 0 saturated carbocycles. The number of carbonyl (C=O) groups excluding carboxylic acids is 2. The normalized spacial score (nSPS) is 10.8. The predicted molar refractivity (Wildman–Crippen MR) is 87.9 cm³/mol. The molecule has 0 atom stereocenters. The lowest BCUT2D eigenvalue weighted by molar-refractivity contribution is -0.117. The van der Waals surface area contributed by atoms with E-state index in [9.17, 15) is 9.59 Å². The first kappa shape index (κ1) is 18.2. The van der Waals surface area contributed by atoms with Crippen molar-refractivity contribution < 1.29 is 14.3 Å². The van der Waals surface area contributed by atoms with Gasteiger partial charge in [-0.05, 0) is 31.9 Å². The minimum Gasteiger partial charge on any atom is -0.381 e. The molecule has 0 bridgehead atoms. The predicted octanol–water partition coefficient (Wildman–Crippen LogP) is 2.83. The summed E-state index contributed by atoms with van der Waals surface area (Å²) >= 11 is 0. The van der Waals surface area contributed by atoms with Crippen LogP contribution in [-0.2, 0) is 9.53 Å². The molecule has 0 unspecified atom stereocenters. The van der Waals surface area contributed by atoms with Gasteiger partial charge in [0.15, 0.2) is 0 Å². The zero-order valence-electron chi connectivity index (χ0n) is 13.8. The maximum atomic E-state index is 12.1. The molecule has 1 aromatic rings. The molecule has 122 valence electrons. The molecule has 0 spiro atoms. The van der Waals surface area contributed by atoms with Crippen molar-refractivity contribution in [2.24, 2.45) is 5.92 Å². The molecule has 0 aliphatic heterocycles. The van der Waals surface area contributed by atoms with Gasteiger partial charge in [-0.25, -0.2) is 0 Å². The highest BCUT2D eigenvalue weighted by Crippen LogP contribution is 2.15. The molecule has 22 heavy (non-hydrogen) atoms. The zero-order chi connectivity index (χ0) is 16.5. The summed E-state index contributed by atoms with van der Waals surface area (Å²) in [6.07, 6.45) is 0.271. The van der Waals surface area contributed by atoms with Crippen molar-refractivity contribution in [2.75, 3.05) is 18.5 Å². The van der Waals surface area contributed by atoms with Gasteiger partial charge in [-0.15, -0.1) is 0 Å². The van der Waals surface area contributed by atoms with E-state index >= 15 is 0 Å². The molecular weight excluding hydrogens is 280 g/mol. The Labute approximate surface area is 132 Å². The number of anilines is 1. The molecule has 1 aromatic carbocycles. The third kappa shape index (κ3) is 6.72. The first-order chi connectivity index (χ1) is 10.4. The van der Waals surface area contributed by atoms with Gasteiger partial charge in [-0.2, -0.15) is 0 Å². The van der Waals surface area contributed by atoms with Crippen LogP contribution in [0.25, 0.3) is 0 Å². The number of hydrogen-bond donors (Lipinski definition) is 2. The fourth-order valence-corrected chi connectivity index (χ4v) is 1.83. The van der Waals surface area contributed by atoms with E-state index in [1.54, 1.807) is 24.3 Å². The standard InChI is InChI=1S/C17H26N2O3/c1-12(2)11-22-10-9-16(20)19-15-8-6-5-7-14(15)17(21)18-13(3)4/h5-8,12-13H,9-11H2,1-4H3,(H,18,21)(H,19,20). The van der Waals surface area contributed by atoms with Gasteiger partial charge in [0.2, 0.25) is 5.91 Å². The lowest BCUT2D eigenvalue weighted by Gasteiger charge is -2.13. The molecule has 0 radical (unpaired) electrons. The molecule has 1 rings (SSSR count). The van der Waals surface area contributed by atoms with Crippen molar-refractivity contribution in [1.82, 2.24) is 5.32 Å². The molecule has 5 heteroatoms. The van der Waals surface area contributed by atoms with Crippen LogP contribution in [0.2, 0.25) is 0 Å². The highest BCUT2D eigenvalue weighted by Gasteiger charge is 2.13. The Hall–Kier alpha value is -1.88. The molecule has 5 nitrogen and oxygen atoms in total. The fourth-order valence-electron chi connectivity index (χ4n) is 1.83. The molecule has 0 fully saturated rings.